The topological polar surface area (TPSA) is 79.3 Å². The summed E-state index contributed by atoms with van der Waals surface area (Å²) in [5.74, 6) is -0.149. The highest BCUT2D eigenvalue weighted by Gasteiger charge is 2.27. The van der Waals surface area contributed by atoms with E-state index in [2.05, 4.69) is 20.6 Å². The zero-order chi connectivity index (χ0) is 24.9. The Labute approximate surface area is 212 Å². The van der Waals surface area contributed by atoms with Gasteiger partial charge in [-0.15, -0.1) is 0 Å². The fourth-order valence-electron chi connectivity index (χ4n) is 5.39. The van der Waals surface area contributed by atoms with E-state index in [-0.39, 0.29) is 11.8 Å². The van der Waals surface area contributed by atoms with E-state index in [9.17, 15) is 9.59 Å². The third-order valence-electron chi connectivity index (χ3n) is 7.38. The van der Waals surface area contributed by atoms with Crippen LogP contribution in [0.4, 0.5) is 5.69 Å². The van der Waals surface area contributed by atoms with Crippen LogP contribution >= 0.6 is 0 Å². The first-order valence-corrected chi connectivity index (χ1v) is 13.1. The van der Waals surface area contributed by atoms with Crippen LogP contribution in [-0.4, -0.2) is 39.1 Å². The number of carbonyl (C=O) groups is 2. The summed E-state index contributed by atoms with van der Waals surface area (Å²) in [6.45, 7) is 2.33. The number of aromatic nitrogens is 2. The van der Waals surface area contributed by atoms with E-state index in [1.807, 2.05) is 66.3 Å². The smallest absolute Gasteiger partial charge is 0.276 e. The second kappa shape index (κ2) is 11.1. The van der Waals surface area contributed by atoms with Crippen LogP contribution in [0.3, 0.4) is 0 Å². The zero-order valence-corrected chi connectivity index (χ0v) is 21.0. The number of amides is 2. The molecule has 2 N–H and O–H groups in total. The number of nitrogens with one attached hydrogen (secondary N) is 2. The highest BCUT2D eigenvalue weighted by Crippen LogP contribution is 2.25. The summed E-state index contributed by atoms with van der Waals surface area (Å²) < 4.78 is 1.84. The molecule has 7 nitrogen and oxygen atoms in total. The Morgan fingerprint density at radius 1 is 0.944 bits per heavy atom. The lowest BCUT2D eigenvalue weighted by molar-refractivity contribution is 0.0932. The Hall–Kier alpha value is -3.45. The summed E-state index contributed by atoms with van der Waals surface area (Å²) in [5.41, 5.74) is 5.25. The van der Waals surface area contributed by atoms with E-state index in [4.69, 9.17) is 0 Å². The first kappa shape index (κ1) is 24.3. The molecule has 2 aliphatic rings. The second-order valence-electron chi connectivity index (χ2n) is 10.0. The summed E-state index contributed by atoms with van der Waals surface area (Å²) in [7, 11) is 1.91. The molecule has 2 amide bonds. The van der Waals surface area contributed by atoms with E-state index < -0.39 is 0 Å². The maximum Gasteiger partial charge on any atom is 0.276 e. The number of nitrogens with zero attached hydrogens (tertiary/aromatic N) is 3. The lowest BCUT2D eigenvalue weighted by Gasteiger charge is -2.27. The number of rotatable bonds is 6. The van der Waals surface area contributed by atoms with Crippen molar-refractivity contribution in [2.75, 3.05) is 11.9 Å². The molecule has 1 saturated carbocycles. The van der Waals surface area contributed by atoms with Gasteiger partial charge in [-0.2, -0.15) is 5.10 Å². The molecule has 2 heterocycles. The monoisotopic (exact) mass is 485 g/mol. The van der Waals surface area contributed by atoms with Crippen molar-refractivity contribution in [1.82, 2.24) is 20.0 Å². The molecule has 0 bridgehead atoms. The van der Waals surface area contributed by atoms with Crippen LogP contribution in [0, 0.1) is 0 Å². The van der Waals surface area contributed by atoms with Gasteiger partial charge in [-0.3, -0.25) is 19.2 Å². The molecule has 0 radical (unpaired) electrons. The third kappa shape index (κ3) is 5.68. The summed E-state index contributed by atoms with van der Waals surface area (Å²) >= 11 is 0. The van der Waals surface area contributed by atoms with Crippen molar-refractivity contribution < 1.29 is 9.59 Å². The van der Waals surface area contributed by atoms with Crippen LogP contribution in [0.25, 0.3) is 0 Å². The largest absolute Gasteiger partial charge is 0.349 e. The van der Waals surface area contributed by atoms with Gasteiger partial charge >= 0.3 is 0 Å². The van der Waals surface area contributed by atoms with Gasteiger partial charge in [0.25, 0.3) is 11.8 Å². The molecule has 2 aromatic carbocycles. The molecular formula is C29H35N5O2. The van der Waals surface area contributed by atoms with Gasteiger partial charge in [0, 0.05) is 61.7 Å². The van der Waals surface area contributed by atoms with Crippen molar-refractivity contribution in [3.8, 4) is 0 Å². The molecule has 1 aliphatic carbocycles. The van der Waals surface area contributed by atoms with E-state index in [1.165, 1.54) is 25.7 Å². The molecule has 1 fully saturated rings. The Kier molecular flexibility index (Phi) is 7.47. The molecule has 7 heteroatoms. The van der Waals surface area contributed by atoms with Gasteiger partial charge in [0.05, 0.1) is 0 Å². The number of benzene rings is 2. The minimum atomic E-state index is -0.177. The first-order valence-electron chi connectivity index (χ1n) is 13.1. The van der Waals surface area contributed by atoms with Crippen molar-refractivity contribution in [2.45, 2.75) is 64.1 Å². The molecule has 1 aromatic heterocycles. The summed E-state index contributed by atoms with van der Waals surface area (Å²) in [5, 5.41) is 10.7. The lowest BCUT2D eigenvalue weighted by Crippen LogP contribution is -2.34. The number of carbonyl (C=O) groups excluding carboxylic acids is 2. The molecular weight excluding hydrogens is 450 g/mol. The normalized spacial score (nSPS) is 16.7. The Balaban J connectivity index is 1.21. The third-order valence-corrected chi connectivity index (χ3v) is 7.38. The maximum absolute atomic E-state index is 13.0. The fourth-order valence-corrected chi connectivity index (χ4v) is 5.39. The highest BCUT2D eigenvalue weighted by molar-refractivity contribution is 6.04. The van der Waals surface area contributed by atoms with Gasteiger partial charge in [-0.1, -0.05) is 56.0 Å². The van der Waals surface area contributed by atoms with E-state index in [0.29, 0.717) is 18.3 Å². The zero-order valence-electron chi connectivity index (χ0n) is 21.0. The van der Waals surface area contributed by atoms with E-state index in [0.717, 1.165) is 60.4 Å². The van der Waals surface area contributed by atoms with Crippen LogP contribution in [0.15, 0.2) is 54.6 Å². The van der Waals surface area contributed by atoms with Crippen molar-refractivity contribution in [2.24, 2.45) is 7.05 Å². The molecule has 0 atom stereocenters. The van der Waals surface area contributed by atoms with Crippen molar-refractivity contribution in [3.05, 3.63) is 82.7 Å². The van der Waals surface area contributed by atoms with Crippen molar-refractivity contribution in [1.29, 1.82) is 0 Å². The van der Waals surface area contributed by atoms with Crippen molar-refractivity contribution >= 4 is 17.5 Å². The predicted molar refractivity (Wildman–Crippen MR) is 141 cm³/mol. The average Bonchev–Trinajstić information content (AvgIpc) is 3.04. The molecule has 5 rings (SSSR count). The van der Waals surface area contributed by atoms with E-state index >= 15 is 0 Å². The minimum absolute atomic E-state index is 0.0282. The van der Waals surface area contributed by atoms with Crippen LogP contribution in [0.2, 0.25) is 0 Å². The summed E-state index contributed by atoms with van der Waals surface area (Å²) in [4.78, 5) is 28.1. The first-order chi connectivity index (χ1) is 17.6. The van der Waals surface area contributed by atoms with Crippen LogP contribution in [-0.2, 0) is 26.6 Å². The molecule has 1 aliphatic heterocycles. The summed E-state index contributed by atoms with van der Waals surface area (Å²) in [6, 6.07) is 17.7. The SMILES string of the molecule is Cn1nc(C(=O)Nc2ccccc2)c2c1CCN(Cc1ccc(C(=O)NC3CCCCCC3)cc1)C2. The average molecular weight is 486 g/mol. The number of fused-ring (bicyclic) bond motifs is 1. The lowest BCUT2D eigenvalue weighted by atomic mass is 10.0. The molecule has 0 saturated heterocycles. The Morgan fingerprint density at radius 3 is 2.39 bits per heavy atom. The van der Waals surface area contributed by atoms with Gasteiger partial charge in [-0.05, 0) is 42.7 Å². The van der Waals surface area contributed by atoms with Gasteiger partial charge in [0.1, 0.15) is 0 Å². The molecule has 36 heavy (non-hydrogen) atoms. The quantitative estimate of drug-likeness (QED) is 0.497. The van der Waals surface area contributed by atoms with Gasteiger partial charge in [0.2, 0.25) is 0 Å². The van der Waals surface area contributed by atoms with Crippen LogP contribution in [0.5, 0.6) is 0 Å². The van der Waals surface area contributed by atoms with Gasteiger partial charge in [-0.25, -0.2) is 0 Å². The second-order valence-corrected chi connectivity index (χ2v) is 10.0. The summed E-state index contributed by atoms with van der Waals surface area (Å²) in [6.07, 6.45) is 7.97. The van der Waals surface area contributed by atoms with Crippen LogP contribution in [0.1, 0.15) is 76.2 Å². The number of hydrogen-bond donors (Lipinski definition) is 2. The molecule has 0 unspecified atom stereocenters. The van der Waals surface area contributed by atoms with Crippen molar-refractivity contribution in [3.63, 3.8) is 0 Å². The standard InChI is InChI=1S/C29H35N5O2/c1-33-26-17-18-34(20-25(26)27(32-33)29(36)31-24-11-7-4-8-12-24)19-21-13-15-22(16-14-21)28(35)30-23-9-5-2-3-6-10-23/h4,7-8,11-16,23H,2-3,5-6,9-10,17-20H2,1H3,(H,30,35)(H,31,36). The molecule has 188 valence electrons. The Bertz CT molecular complexity index is 1190. The fraction of sp³-hybridized carbons (Fsp3) is 0.414. The molecule has 0 spiro atoms. The van der Waals surface area contributed by atoms with E-state index in [1.54, 1.807) is 0 Å². The van der Waals surface area contributed by atoms with Gasteiger partial charge < -0.3 is 10.6 Å². The Morgan fingerprint density at radius 2 is 1.67 bits per heavy atom. The number of hydrogen-bond acceptors (Lipinski definition) is 4. The highest BCUT2D eigenvalue weighted by atomic mass is 16.2. The number of anilines is 1. The van der Waals surface area contributed by atoms with Gasteiger partial charge in [0.15, 0.2) is 5.69 Å². The number of para-hydroxylation sites is 1. The molecule has 3 aromatic rings. The predicted octanol–water partition coefficient (Wildman–Crippen LogP) is 4.68. The number of aryl methyl sites for hydroxylation is 1. The van der Waals surface area contributed by atoms with Crippen LogP contribution < -0.4 is 10.6 Å². The minimum Gasteiger partial charge on any atom is -0.349 e. The maximum atomic E-state index is 13.0.